The van der Waals surface area contributed by atoms with Gasteiger partial charge in [-0.2, -0.15) is 36.4 Å². The third-order valence-corrected chi connectivity index (χ3v) is 3.84. The maximum absolute atomic E-state index is 13.1. The molecule has 162 valence electrons. The standard InChI is InChI=1S/C18H11F6N5O2/c1-29(15(30)12-9-25-6-5-13(12)17(19,20)21)26-8-10-3-2-4-11(7-10)14-27-16(31-28-14)18(22,23)24/h2-9H,1H3/b26-8+. The van der Waals surface area contributed by atoms with Crippen molar-refractivity contribution in [3.05, 3.63) is 65.3 Å². The zero-order valence-corrected chi connectivity index (χ0v) is 15.4. The Morgan fingerprint density at radius 2 is 1.87 bits per heavy atom. The van der Waals surface area contributed by atoms with Crippen LogP contribution in [0, 0.1) is 0 Å². The second-order valence-corrected chi connectivity index (χ2v) is 6.04. The van der Waals surface area contributed by atoms with E-state index in [1.807, 2.05) is 0 Å². The number of halogens is 6. The van der Waals surface area contributed by atoms with Crippen LogP contribution in [0.2, 0.25) is 0 Å². The predicted octanol–water partition coefficient (Wildman–Crippen LogP) is 4.28. The normalized spacial score (nSPS) is 12.4. The minimum absolute atomic E-state index is 0.170. The Labute approximate surface area is 170 Å². The fourth-order valence-corrected chi connectivity index (χ4v) is 2.41. The molecule has 0 radical (unpaired) electrons. The summed E-state index contributed by atoms with van der Waals surface area (Å²) in [6.45, 7) is 0. The lowest BCUT2D eigenvalue weighted by Crippen LogP contribution is -2.25. The summed E-state index contributed by atoms with van der Waals surface area (Å²) in [4.78, 5) is 19.2. The van der Waals surface area contributed by atoms with Crippen molar-refractivity contribution in [2.45, 2.75) is 12.4 Å². The quantitative estimate of drug-likeness (QED) is 0.342. The Morgan fingerprint density at radius 3 is 2.52 bits per heavy atom. The van der Waals surface area contributed by atoms with E-state index in [4.69, 9.17) is 0 Å². The summed E-state index contributed by atoms with van der Waals surface area (Å²) in [6.07, 6.45) is -6.72. The first-order valence-electron chi connectivity index (χ1n) is 8.31. The van der Waals surface area contributed by atoms with Crippen LogP contribution in [0.3, 0.4) is 0 Å². The Balaban J connectivity index is 1.81. The number of hydrogen-bond acceptors (Lipinski definition) is 6. The third-order valence-electron chi connectivity index (χ3n) is 3.84. The number of alkyl halides is 6. The van der Waals surface area contributed by atoms with E-state index in [1.54, 1.807) is 0 Å². The Hall–Kier alpha value is -3.77. The van der Waals surface area contributed by atoms with Gasteiger partial charge in [0.1, 0.15) is 0 Å². The van der Waals surface area contributed by atoms with Crippen molar-refractivity contribution in [1.29, 1.82) is 0 Å². The molecular formula is C18H11F6N5O2. The maximum Gasteiger partial charge on any atom is 0.471 e. The number of amides is 1. The van der Waals surface area contributed by atoms with E-state index in [0.717, 1.165) is 25.7 Å². The van der Waals surface area contributed by atoms with E-state index in [1.165, 1.54) is 24.3 Å². The molecule has 0 bridgehead atoms. The highest BCUT2D eigenvalue weighted by Crippen LogP contribution is 2.32. The zero-order chi connectivity index (χ0) is 22.8. The van der Waals surface area contributed by atoms with Crippen LogP contribution in [0.1, 0.15) is 27.4 Å². The predicted molar refractivity (Wildman–Crippen MR) is 93.7 cm³/mol. The van der Waals surface area contributed by atoms with Crippen LogP contribution in [0.5, 0.6) is 0 Å². The van der Waals surface area contributed by atoms with Crippen molar-refractivity contribution in [2.24, 2.45) is 5.10 Å². The molecule has 3 aromatic rings. The van der Waals surface area contributed by atoms with Gasteiger partial charge in [0, 0.05) is 25.0 Å². The molecule has 0 fully saturated rings. The molecule has 0 aliphatic carbocycles. The molecule has 2 heterocycles. The number of aromatic nitrogens is 3. The Kier molecular flexibility index (Phi) is 5.77. The van der Waals surface area contributed by atoms with Gasteiger partial charge in [-0.15, -0.1) is 0 Å². The van der Waals surface area contributed by atoms with Crippen molar-refractivity contribution >= 4 is 12.1 Å². The van der Waals surface area contributed by atoms with Gasteiger partial charge in [0.2, 0.25) is 5.82 Å². The molecule has 0 aliphatic heterocycles. The van der Waals surface area contributed by atoms with E-state index >= 15 is 0 Å². The lowest BCUT2D eigenvalue weighted by Gasteiger charge is -2.15. The van der Waals surface area contributed by atoms with Crippen molar-refractivity contribution in [1.82, 2.24) is 20.1 Å². The average molecular weight is 443 g/mol. The van der Waals surface area contributed by atoms with Gasteiger partial charge in [0.15, 0.2) is 0 Å². The summed E-state index contributed by atoms with van der Waals surface area (Å²) in [5.41, 5.74) is -1.36. The second-order valence-electron chi connectivity index (χ2n) is 6.04. The number of carbonyl (C=O) groups excluding carboxylic acids is 1. The summed E-state index contributed by atoms with van der Waals surface area (Å²) < 4.78 is 81.2. The van der Waals surface area contributed by atoms with Crippen molar-refractivity contribution in [3.63, 3.8) is 0 Å². The highest BCUT2D eigenvalue weighted by atomic mass is 19.4. The highest BCUT2D eigenvalue weighted by molar-refractivity contribution is 5.96. The van der Waals surface area contributed by atoms with Gasteiger partial charge >= 0.3 is 18.2 Å². The number of hydrogen-bond donors (Lipinski definition) is 0. The van der Waals surface area contributed by atoms with Gasteiger partial charge in [-0.05, 0) is 17.7 Å². The smallest absolute Gasteiger partial charge is 0.329 e. The van der Waals surface area contributed by atoms with Gasteiger partial charge < -0.3 is 4.52 Å². The van der Waals surface area contributed by atoms with Crippen LogP contribution >= 0.6 is 0 Å². The Morgan fingerprint density at radius 1 is 1.13 bits per heavy atom. The van der Waals surface area contributed by atoms with Crippen molar-refractivity contribution < 1.29 is 35.7 Å². The van der Waals surface area contributed by atoms with Crippen LogP contribution in [0.15, 0.2) is 52.4 Å². The summed E-state index contributed by atoms with van der Waals surface area (Å²) in [5, 5.41) is 7.73. The zero-order valence-electron chi connectivity index (χ0n) is 15.4. The molecule has 0 saturated heterocycles. The summed E-state index contributed by atoms with van der Waals surface area (Å²) in [5.74, 6) is -2.89. The van der Waals surface area contributed by atoms with E-state index in [9.17, 15) is 31.1 Å². The van der Waals surface area contributed by atoms with Crippen LogP contribution in [0.25, 0.3) is 11.4 Å². The van der Waals surface area contributed by atoms with Gasteiger partial charge in [-0.1, -0.05) is 23.4 Å². The first kappa shape index (κ1) is 21.9. The Bertz CT molecular complexity index is 1120. The number of hydrazone groups is 1. The van der Waals surface area contributed by atoms with E-state index < -0.39 is 35.3 Å². The SMILES string of the molecule is CN(/N=C/c1cccc(-c2noc(C(F)(F)F)n2)c1)C(=O)c1cnccc1C(F)(F)F. The summed E-state index contributed by atoms with van der Waals surface area (Å²) >= 11 is 0. The first-order valence-corrected chi connectivity index (χ1v) is 8.31. The van der Waals surface area contributed by atoms with Crippen LogP contribution in [-0.4, -0.2) is 39.3 Å². The second kappa shape index (κ2) is 8.16. The lowest BCUT2D eigenvalue weighted by molar-refractivity contribution is -0.159. The molecular weight excluding hydrogens is 432 g/mol. The summed E-state index contributed by atoms with van der Waals surface area (Å²) in [7, 11) is 1.14. The van der Waals surface area contributed by atoms with Crippen molar-refractivity contribution in [3.8, 4) is 11.4 Å². The van der Waals surface area contributed by atoms with Gasteiger partial charge in [0.05, 0.1) is 17.3 Å². The monoisotopic (exact) mass is 443 g/mol. The van der Waals surface area contributed by atoms with Crippen LogP contribution in [0.4, 0.5) is 26.3 Å². The molecule has 0 aliphatic rings. The minimum atomic E-state index is -4.80. The molecule has 0 saturated carbocycles. The van der Waals surface area contributed by atoms with Gasteiger partial charge in [-0.3, -0.25) is 9.78 Å². The van der Waals surface area contributed by atoms with Crippen molar-refractivity contribution in [2.75, 3.05) is 7.05 Å². The molecule has 3 rings (SSSR count). The van der Waals surface area contributed by atoms with E-state index in [-0.39, 0.29) is 11.4 Å². The molecule has 0 spiro atoms. The third kappa shape index (κ3) is 5.05. The number of pyridine rings is 1. The van der Waals surface area contributed by atoms with E-state index in [0.29, 0.717) is 16.6 Å². The fraction of sp³-hybridized carbons (Fsp3) is 0.167. The molecule has 0 N–H and O–H groups in total. The molecule has 1 aromatic carbocycles. The fourth-order valence-electron chi connectivity index (χ4n) is 2.41. The summed E-state index contributed by atoms with van der Waals surface area (Å²) in [6, 6.07) is 6.42. The van der Waals surface area contributed by atoms with Gasteiger partial charge in [-0.25, -0.2) is 5.01 Å². The van der Waals surface area contributed by atoms with Crippen LogP contribution in [-0.2, 0) is 12.4 Å². The topological polar surface area (TPSA) is 84.5 Å². The maximum atomic E-state index is 13.1. The molecule has 0 atom stereocenters. The molecule has 0 unspecified atom stereocenters. The average Bonchev–Trinajstić information content (AvgIpc) is 3.22. The van der Waals surface area contributed by atoms with E-state index in [2.05, 4.69) is 24.7 Å². The number of rotatable bonds is 4. The first-order chi connectivity index (χ1) is 14.5. The molecule has 7 nitrogen and oxygen atoms in total. The van der Waals surface area contributed by atoms with Crippen LogP contribution < -0.4 is 0 Å². The molecule has 31 heavy (non-hydrogen) atoms. The minimum Gasteiger partial charge on any atom is -0.329 e. The molecule has 13 heteroatoms. The lowest BCUT2D eigenvalue weighted by atomic mass is 10.1. The number of carbonyl (C=O) groups is 1. The highest BCUT2D eigenvalue weighted by Gasteiger charge is 2.38. The number of nitrogens with zero attached hydrogens (tertiary/aromatic N) is 5. The van der Waals surface area contributed by atoms with Gasteiger partial charge in [0.25, 0.3) is 5.91 Å². The number of benzene rings is 1. The molecule has 2 aromatic heterocycles. The largest absolute Gasteiger partial charge is 0.471 e. The molecule has 1 amide bonds.